The first kappa shape index (κ1) is 22.6. The number of methoxy groups -OCH3 is 2. The van der Waals surface area contributed by atoms with Gasteiger partial charge < -0.3 is 20.1 Å². The number of hydrogen-bond acceptors (Lipinski definition) is 6. The highest BCUT2D eigenvalue weighted by atomic mass is 16.5. The van der Waals surface area contributed by atoms with Gasteiger partial charge in [0, 0.05) is 23.2 Å². The van der Waals surface area contributed by atoms with Crippen LogP contribution in [0.2, 0.25) is 0 Å². The van der Waals surface area contributed by atoms with E-state index in [1.165, 1.54) is 14.2 Å². The number of nitriles is 1. The Hall–Kier alpha value is -4.12. The standard InChI is InChI=1S/C24H24N4O4/c1-4-5-12-26-24(30)18(14-25)21-16-8-6-7-9-17(16)22(27-21)28-23(29)15-10-11-19(31-2)20(13-15)32-3/h6-11,13H,4-5,12H2,1-3H3,(H,26,30)(H,27,28,29)/b21-18-. The number of fused-ring (bicyclic) bond motifs is 1. The van der Waals surface area contributed by atoms with Gasteiger partial charge in [0.15, 0.2) is 11.5 Å². The molecule has 0 spiro atoms. The highest BCUT2D eigenvalue weighted by molar-refractivity contribution is 6.20. The molecule has 0 unspecified atom stereocenters. The second-order valence-corrected chi connectivity index (χ2v) is 6.97. The number of rotatable bonds is 7. The van der Waals surface area contributed by atoms with E-state index in [1.54, 1.807) is 42.5 Å². The molecule has 32 heavy (non-hydrogen) atoms. The number of ether oxygens (including phenoxy) is 2. The Bertz CT molecular complexity index is 1140. The van der Waals surface area contributed by atoms with E-state index in [-0.39, 0.29) is 17.1 Å². The zero-order valence-corrected chi connectivity index (χ0v) is 18.2. The average Bonchev–Trinajstić information content (AvgIpc) is 3.17. The molecule has 0 radical (unpaired) electrons. The zero-order valence-electron chi connectivity index (χ0n) is 18.2. The highest BCUT2D eigenvalue weighted by Gasteiger charge is 2.27. The van der Waals surface area contributed by atoms with E-state index in [9.17, 15) is 14.9 Å². The van der Waals surface area contributed by atoms with Gasteiger partial charge >= 0.3 is 0 Å². The molecular weight excluding hydrogens is 408 g/mol. The maximum absolute atomic E-state index is 12.9. The molecule has 0 bridgehead atoms. The van der Waals surface area contributed by atoms with Crippen LogP contribution in [0.1, 0.15) is 41.3 Å². The summed E-state index contributed by atoms with van der Waals surface area (Å²) in [7, 11) is 3.00. The highest BCUT2D eigenvalue weighted by Crippen LogP contribution is 2.31. The molecule has 1 aliphatic rings. The number of benzene rings is 2. The fourth-order valence-corrected chi connectivity index (χ4v) is 3.25. The number of nitrogens with one attached hydrogen (secondary N) is 2. The zero-order chi connectivity index (χ0) is 23.1. The minimum Gasteiger partial charge on any atom is -0.493 e. The first-order chi connectivity index (χ1) is 15.5. The lowest BCUT2D eigenvalue weighted by Gasteiger charge is -2.10. The molecule has 0 aromatic heterocycles. The molecular formula is C24H24N4O4. The molecule has 8 nitrogen and oxygen atoms in total. The van der Waals surface area contributed by atoms with Crippen molar-refractivity contribution >= 4 is 23.3 Å². The topological polar surface area (TPSA) is 113 Å². The van der Waals surface area contributed by atoms with Crippen molar-refractivity contribution in [1.82, 2.24) is 10.6 Å². The quantitative estimate of drug-likeness (QED) is 0.397. The van der Waals surface area contributed by atoms with Crippen LogP contribution in [0.4, 0.5) is 0 Å². The summed E-state index contributed by atoms with van der Waals surface area (Å²) >= 11 is 0. The second kappa shape index (κ2) is 10.3. The molecule has 0 saturated carbocycles. The number of aliphatic imine (C=N–C) groups is 1. The molecule has 1 aliphatic heterocycles. The van der Waals surface area contributed by atoms with E-state index in [1.807, 2.05) is 13.0 Å². The Balaban J connectivity index is 1.94. The number of amides is 2. The monoisotopic (exact) mass is 432 g/mol. The maximum atomic E-state index is 12.9. The van der Waals surface area contributed by atoms with Gasteiger partial charge in [-0.15, -0.1) is 0 Å². The van der Waals surface area contributed by atoms with Crippen molar-refractivity contribution in [2.24, 2.45) is 4.99 Å². The van der Waals surface area contributed by atoms with Crippen molar-refractivity contribution in [2.75, 3.05) is 20.8 Å². The van der Waals surface area contributed by atoms with Crippen molar-refractivity contribution in [3.63, 3.8) is 0 Å². The van der Waals surface area contributed by atoms with Crippen molar-refractivity contribution < 1.29 is 19.1 Å². The maximum Gasteiger partial charge on any atom is 0.264 e. The van der Waals surface area contributed by atoms with Gasteiger partial charge in [0.2, 0.25) is 0 Å². The predicted octanol–water partition coefficient (Wildman–Crippen LogP) is 3.04. The van der Waals surface area contributed by atoms with Crippen LogP contribution in [0.3, 0.4) is 0 Å². The molecule has 0 atom stereocenters. The van der Waals surface area contributed by atoms with Gasteiger partial charge in [-0.2, -0.15) is 5.26 Å². The van der Waals surface area contributed by atoms with Crippen LogP contribution in [0.25, 0.3) is 5.70 Å². The van der Waals surface area contributed by atoms with Gasteiger partial charge in [0.25, 0.3) is 11.8 Å². The molecule has 2 aromatic carbocycles. The fourth-order valence-electron chi connectivity index (χ4n) is 3.25. The average molecular weight is 432 g/mol. The summed E-state index contributed by atoms with van der Waals surface area (Å²) in [6.07, 6.45) is 1.73. The molecule has 0 saturated heterocycles. The summed E-state index contributed by atoms with van der Waals surface area (Å²) in [4.78, 5) is 29.9. The van der Waals surface area contributed by atoms with Gasteiger partial charge in [-0.25, -0.2) is 4.99 Å². The van der Waals surface area contributed by atoms with Crippen LogP contribution < -0.4 is 20.1 Å². The molecule has 2 N–H and O–H groups in total. The lowest BCUT2D eigenvalue weighted by molar-refractivity contribution is -0.117. The summed E-state index contributed by atoms with van der Waals surface area (Å²) in [5.74, 6) is 0.300. The second-order valence-electron chi connectivity index (χ2n) is 6.97. The van der Waals surface area contributed by atoms with Gasteiger partial charge in [0.1, 0.15) is 17.5 Å². The van der Waals surface area contributed by atoms with Gasteiger partial charge in [0.05, 0.1) is 19.9 Å². The molecule has 3 rings (SSSR count). The summed E-state index contributed by atoms with van der Waals surface area (Å²) < 4.78 is 10.5. The molecule has 8 heteroatoms. The van der Waals surface area contributed by atoms with Crippen molar-refractivity contribution in [2.45, 2.75) is 19.8 Å². The normalized spacial score (nSPS) is 13.4. The lowest BCUT2D eigenvalue weighted by atomic mass is 10.0. The SMILES string of the molecule is CCCCNC(=O)/C(C#N)=C1\N=C(NC(=O)c2ccc(OC)c(OC)c2)c2ccccc21. The van der Waals surface area contributed by atoms with Crippen molar-refractivity contribution in [3.8, 4) is 17.6 Å². The summed E-state index contributed by atoms with van der Waals surface area (Å²) in [5.41, 5.74) is 1.73. The first-order valence-corrected chi connectivity index (χ1v) is 10.2. The van der Waals surface area contributed by atoms with E-state index in [2.05, 4.69) is 15.6 Å². The molecule has 164 valence electrons. The Morgan fingerprint density at radius 1 is 1.06 bits per heavy atom. The Kier molecular flexibility index (Phi) is 7.24. The van der Waals surface area contributed by atoms with Crippen LogP contribution in [-0.4, -0.2) is 38.4 Å². The number of hydrogen-bond donors (Lipinski definition) is 2. The molecule has 1 heterocycles. The van der Waals surface area contributed by atoms with Crippen LogP contribution in [-0.2, 0) is 4.79 Å². The third kappa shape index (κ3) is 4.62. The summed E-state index contributed by atoms with van der Waals surface area (Å²) in [6, 6.07) is 13.9. The number of carbonyl (C=O) groups is 2. The third-order valence-electron chi connectivity index (χ3n) is 4.93. The Morgan fingerprint density at radius 3 is 2.44 bits per heavy atom. The Labute approximate surface area is 186 Å². The first-order valence-electron chi connectivity index (χ1n) is 10.2. The minimum absolute atomic E-state index is 0.0936. The van der Waals surface area contributed by atoms with Crippen molar-refractivity contribution in [3.05, 3.63) is 64.7 Å². The smallest absolute Gasteiger partial charge is 0.264 e. The van der Waals surface area contributed by atoms with Crippen LogP contribution >= 0.6 is 0 Å². The number of unbranched alkanes of at least 4 members (excludes halogenated alkanes) is 1. The van der Waals surface area contributed by atoms with Crippen molar-refractivity contribution in [1.29, 1.82) is 5.26 Å². The summed E-state index contributed by atoms with van der Waals surface area (Å²) in [5, 5.41) is 15.2. The van der Waals surface area contributed by atoms with E-state index < -0.39 is 11.8 Å². The van der Waals surface area contributed by atoms with E-state index >= 15 is 0 Å². The van der Waals surface area contributed by atoms with E-state index in [0.29, 0.717) is 34.7 Å². The van der Waals surface area contributed by atoms with Crippen LogP contribution in [0.15, 0.2) is 53.0 Å². The molecule has 0 fully saturated rings. The molecule has 2 amide bonds. The van der Waals surface area contributed by atoms with Gasteiger partial charge in [-0.05, 0) is 24.6 Å². The lowest BCUT2D eigenvalue weighted by Crippen LogP contribution is -2.30. The third-order valence-corrected chi connectivity index (χ3v) is 4.93. The predicted molar refractivity (Wildman–Crippen MR) is 120 cm³/mol. The van der Waals surface area contributed by atoms with Crippen LogP contribution in [0, 0.1) is 11.3 Å². The number of nitrogens with zero attached hydrogens (tertiary/aromatic N) is 2. The van der Waals surface area contributed by atoms with E-state index in [4.69, 9.17) is 9.47 Å². The fraction of sp³-hybridized carbons (Fsp3) is 0.250. The Morgan fingerprint density at radius 2 is 1.78 bits per heavy atom. The van der Waals surface area contributed by atoms with E-state index in [0.717, 1.165) is 12.8 Å². The molecule has 0 aliphatic carbocycles. The largest absolute Gasteiger partial charge is 0.493 e. The number of carbonyl (C=O) groups excluding carboxylic acids is 2. The summed E-state index contributed by atoms with van der Waals surface area (Å²) in [6.45, 7) is 2.49. The molecule has 2 aromatic rings. The number of amidine groups is 1. The van der Waals surface area contributed by atoms with Gasteiger partial charge in [-0.3, -0.25) is 9.59 Å². The van der Waals surface area contributed by atoms with Gasteiger partial charge in [-0.1, -0.05) is 37.6 Å². The minimum atomic E-state index is -0.484. The van der Waals surface area contributed by atoms with Crippen LogP contribution in [0.5, 0.6) is 11.5 Å².